The third-order valence-electron chi connectivity index (χ3n) is 3.33. The van der Waals surface area contributed by atoms with Crippen molar-refractivity contribution in [1.82, 2.24) is 0 Å². The second-order valence-corrected chi connectivity index (χ2v) is 10.7. The molecule has 0 saturated heterocycles. The topological polar surface area (TPSA) is 26.3 Å². The van der Waals surface area contributed by atoms with Gasteiger partial charge in [-0.05, 0) is 11.5 Å². The molecule has 0 aromatic rings. The highest BCUT2D eigenvalue weighted by Crippen LogP contribution is 2.39. The first-order valence-corrected chi connectivity index (χ1v) is 7.94. The van der Waals surface area contributed by atoms with Gasteiger partial charge in [0.05, 0.1) is 5.73 Å². The van der Waals surface area contributed by atoms with E-state index in [0.29, 0.717) is 6.47 Å². The van der Waals surface area contributed by atoms with E-state index in [2.05, 4.69) is 40.8 Å². The van der Waals surface area contributed by atoms with Gasteiger partial charge in [-0.15, -0.1) is 0 Å². The molecule has 0 heterocycles. The Balaban J connectivity index is 4.66. The minimum absolute atomic E-state index is 0.144. The molecule has 0 fully saturated rings. The second kappa shape index (κ2) is 4.27. The van der Waals surface area contributed by atoms with Crippen LogP contribution in [0.2, 0.25) is 18.1 Å². The van der Waals surface area contributed by atoms with Crippen molar-refractivity contribution in [3.8, 4) is 0 Å². The summed E-state index contributed by atoms with van der Waals surface area (Å²) in [5.74, 6) is 0. The number of carbonyl (C=O) groups is 1. The highest BCUT2D eigenvalue weighted by Gasteiger charge is 2.42. The van der Waals surface area contributed by atoms with Crippen molar-refractivity contribution >= 4 is 14.5 Å². The number of hydrogen-bond acceptors (Lipinski definition) is 2. The zero-order valence-corrected chi connectivity index (χ0v) is 10.7. The van der Waals surface area contributed by atoms with Gasteiger partial charge in [-0.1, -0.05) is 40.8 Å². The Morgan fingerprint density at radius 3 is 2.08 bits per heavy atom. The molecule has 0 aliphatic rings. The van der Waals surface area contributed by atoms with Gasteiger partial charge >= 0.3 is 0 Å². The normalized spacial score (nSPS) is 15.2. The standard InChI is InChI=1S/C10H22O2Si/c1-7-9(12-8-11)13(5,6)10(2,3)4/h8-9H,7H2,1-6H3. The number of rotatable bonds is 4. The van der Waals surface area contributed by atoms with Crippen LogP contribution in [0.3, 0.4) is 0 Å². The summed E-state index contributed by atoms with van der Waals surface area (Å²) in [6.07, 6.45) is 0.926. The van der Waals surface area contributed by atoms with Gasteiger partial charge in [-0.25, -0.2) is 0 Å². The van der Waals surface area contributed by atoms with Crippen LogP contribution >= 0.6 is 0 Å². The largest absolute Gasteiger partial charge is 0.468 e. The third-order valence-corrected chi connectivity index (χ3v) is 9.35. The van der Waals surface area contributed by atoms with Crippen molar-refractivity contribution in [3.05, 3.63) is 0 Å². The van der Waals surface area contributed by atoms with Gasteiger partial charge in [0, 0.05) is 0 Å². The lowest BCUT2D eigenvalue weighted by Crippen LogP contribution is -2.50. The van der Waals surface area contributed by atoms with Gasteiger partial charge in [-0.3, -0.25) is 4.79 Å². The molecule has 0 bridgehead atoms. The molecule has 1 atom stereocenters. The van der Waals surface area contributed by atoms with Gasteiger partial charge in [0.15, 0.2) is 0 Å². The van der Waals surface area contributed by atoms with Crippen LogP contribution in [0.15, 0.2) is 0 Å². The first-order valence-electron chi connectivity index (χ1n) is 4.86. The lowest BCUT2D eigenvalue weighted by atomic mass is 10.2. The highest BCUT2D eigenvalue weighted by atomic mass is 28.3. The summed E-state index contributed by atoms with van der Waals surface area (Å²) in [6.45, 7) is 13.9. The van der Waals surface area contributed by atoms with Gasteiger partial charge in [0.2, 0.25) is 0 Å². The first-order chi connectivity index (χ1) is 5.77. The Hall–Kier alpha value is -0.313. The minimum atomic E-state index is -1.51. The fraction of sp³-hybridized carbons (Fsp3) is 0.900. The van der Waals surface area contributed by atoms with Crippen molar-refractivity contribution in [2.75, 3.05) is 0 Å². The van der Waals surface area contributed by atoms with Crippen LogP contribution in [0, 0.1) is 0 Å². The summed E-state index contributed by atoms with van der Waals surface area (Å²) >= 11 is 0. The van der Waals surface area contributed by atoms with E-state index in [1.54, 1.807) is 0 Å². The van der Waals surface area contributed by atoms with Crippen LogP contribution in [0.5, 0.6) is 0 Å². The maximum atomic E-state index is 10.3. The molecule has 0 N–H and O–H groups in total. The highest BCUT2D eigenvalue weighted by molar-refractivity contribution is 6.81. The second-order valence-electron chi connectivity index (χ2n) is 5.10. The molecule has 0 spiro atoms. The smallest absolute Gasteiger partial charge is 0.293 e. The van der Waals surface area contributed by atoms with Crippen LogP contribution in [-0.2, 0) is 9.53 Å². The molecule has 1 unspecified atom stereocenters. The van der Waals surface area contributed by atoms with E-state index >= 15 is 0 Å². The Morgan fingerprint density at radius 2 is 1.85 bits per heavy atom. The van der Waals surface area contributed by atoms with Gasteiger partial charge in [0.25, 0.3) is 6.47 Å². The van der Waals surface area contributed by atoms with E-state index in [1.165, 1.54) is 0 Å². The van der Waals surface area contributed by atoms with Crippen LogP contribution in [0.4, 0.5) is 0 Å². The quantitative estimate of drug-likeness (QED) is 0.517. The molecule has 0 rings (SSSR count). The summed E-state index contributed by atoms with van der Waals surface area (Å²) in [6, 6.07) is 0. The summed E-state index contributed by atoms with van der Waals surface area (Å²) in [5, 5.41) is 0.274. The van der Waals surface area contributed by atoms with E-state index in [4.69, 9.17) is 4.74 Å². The molecule has 0 aromatic carbocycles. The predicted octanol–water partition coefficient (Wildman–Crippen LogP) is 2.99. The van der Waals surface area contributed by atoms with Gasteiger partial charge in [0.1, 0.15) is 8.07 Å². The number of hydrogen-bond donors (Lipinski definition) is 0. The lowest BCUT2D eigenvalue weighted by Gasteiger charge is -2.41. The van der Waals surface area contributed by atoms with Crippen molar-refractivity contribution < 1.29 is 9.53 Å². The maximum absolute atomic E-state index is 10.3. The monoisotopic (exact) mass is 202 g/mol. The summed E-state index contributed by atoms with van der Waals surface area (Å²) in [4.78, 5) is 10.3. The first kappa shape index (κ1) is 12.7. The van der Waals surface area contributed by atoms with Crippen LogP contribution in [0.1, 0.15) is 34.1 Å². The Kier molecular flexibility index (Phi) is 4.16. The molecular weight excluding hydrogens is 180 g/mol. The van der Waals surface area contributed by atoms with E-state index in [-0.39, 0.29) is 10.8 Å². The molecule has 78 valence electrons. The molecule has 0 amide bonds. The molecular formula is C10H22O2Si. The average Bonchev–Trinajstić information content (AvgIpc) is 1.97. The van der Waals surface area contributed by atoms with Crippen molar-refractivity contribution in [3.63, 3.8) is 0 Å². The fourth-order valence-corrected chi connectivity index (χ4v) is 3.71. The molecule has 0 radical (unpaired) electrons. The molecule has 0 aliphatic heterocycles. The third kappa shape index (κ3) is 2.83. The number of carbonyl (C=O) groups excluding carboxylic acids is 1. The van der Waals surface area contributed by atoms with E-state index in [1.807, 2.05) is 0 Å². The van der Waals surface area contributed by atoms with E-state index < -0.39 is 8.07 Å². The van der Waals surface area contributed by atoms with E-state index in [0.717, 1.165) is 6.42 Å². The zero-order valence-electron chi connectivity index (χ0n) is 9.68. The Labute approximate surface area is 82.7 Å². The molecule has 3 heteroatoms. The Morgan fingerprint density at radius 1 is 1.38 bits per heavy atom. The van der Waals surface area contributed by atoms with Gasteiger partial charge in [-0.2, -0.15) is 0 Å². The van der Waals surface area contributed by atoms with Crippen LogP contribution < -0.4 is 0 Å². The molecule has 0 aliphatic carbocycles. The van der Waals surface area contributed by atoms with E-state index in [9.17, 15) is 4.79 Å². The zero-order chi connectivity index (χ0) is 10.7. The molecule has 0 aromatic heterocycles. The van der Waals surface area contributed by atoms with Crippen LogP contribution in [0.25, 0.3) is 0 Å². The molecule has 13 heavy (non-hydrogen) atoms. The van der Waals surface area contributed by atoms with Crippen LogP contribution in [-0.4, -0.2) is 20.3 Å². The fourth-order valence-electron chi connectivity index (χ4n) is 1.33. The predicted molar refractivity (Wildman–Crippen MR) is 58.4 cm³/mol. The summed E-state index contributed by atoms with van der Waals surface area (Å²) in [7, 11) is -1.51. The maximum Gasteiger partial charge on any atom is 0.293 e. The SMILES string of the molecule is CCC(OC=O)[Si](C)(C)C(C)(C)C. The molecule has 2 nitrogen and oxygen atoms in total. The van der Waals surface area contributed by atoms with Crippen molar-refractivity contribution in [1.29, 1.82) is 0 Å². The Bertz CT molecular complexity index is 170. The number of ether oxygens (including phenoxy) is 1. The average molecular weight is 202 g/mol. The van der Waals surface area contributed by atoms with Crippen molar-refractivity contribution in [2.24, 2.45) is 0 Å². The lowest BCUT2D eigenvalue weighted by molar-refractivity contribution is -0.130. The summed E-state index contributed by atoms with van der Waals surface area (Å²) < 4.78 is 5.16. The summed E-state index contributed by atoms with van der Waals surface area (Å²) in [5.41, 5.74) is 0.144. The molecule has 0 saturated carbocycles. The van der Waals surface area contributed by atoms with Crippen molar-refractivity contribution in [2.45, 2.75) is 58.0 Å². The minimum Gasteiger partial charge on any atom is -0.468 e. The van der Waals surface area contributed by atoms with Gasteiger partial charge < -0.3 is 4.74 Å².